The number of nitrogens with zero attached hydrogens (tertiary/aromatic N) is 1. The Morgan fingerprint density at radius 1 is 1.38 bits per heavy atom. The predicted molar refractivity (Wildman–Crippen MR) is 57.4 cm³/mol. The minimum atomic E-state index is -1.86. The number of carboxylic acids is 1. The lowest BCUT2D eigenvalue weighted by molar-refractivity contribution is -0.900. The number of aliphatic carboxylic acids is 1. The fraction of sp³-hybridized carbons (Fsp3) is 0.818. The number of aliphatic hydroxyl groups is 1. The molecular weight excluding hydrogens is 210 g/mol. The third-order valence-corrected chi connectivity index (χ3v) is 3.07. The molecule has 0 radical (unpaired) electrons. The van der Waals surface area contributed by atoms with Crippen molar-refractivity contribution in [2.45, 2.75) is 38.3 Å². The number of quaternary nitrogens is 1. The Hall–Kier alpha value is -0.940. The van der Waals surface area contributed by atoms with Crippen molar-refractivity contribution in [2.24, 2.45) is 0 Å². The Morgan fingerprint density at radius 3 is 2.06 bits per heavy atom. The highest BCUT2D eigenvalue weighted by Crippen LogP contribution is 2.24. The summed E-state index contributed by atoms with van der Waals surface area (Å²) in [5, 5.41) is 20.9. The van der Waals surface area contributed by atoms with Crippen LogP contribution in [0.1, 0.15) is 26.7 Å². The SMILES string of the molecule is CCC(=O)[C@](O)(CC(=O)[O-])C(C)[N+](C)(C)C. The second-order valence-corrected chi connectivity index (χ2v) is 5.04. The summed E-state index contributed by atoms with van der Waals surface area (Å²) in [4.78, 5) is 22.3. The van der Waals surface area contributed by atoms with E-state index in [1.807, 2.05) is 0 Å². The zero-order valence-corrected chi connectivity index (χ0v) is 10.6. The summed E-state index contributed by atoms with van der Waals surface area (Å²) >= 11 is 0. The summed E-state index contributed by atoms with van der Waals surface area (Å²) < 4.78 is 0.301. The van der Waals surface area contributed by atoms with Gasteiger partial charge in [0.25, 0.3) is 0 Å². The standard InChI is InChI=1S/C11H21NO4/c1-6-9(13)11(16,7-10(14)15)8(2)12(3,4)5/h8,16H,6-7H2,1-5H3/t8?,11-/m0/s1. The molecule has 0 aromatic carbocycles. The molecule has 1 N–H and O–H groups in total. The molecule has 0 spiro atoms. The molecule has 0 aliphatic carbocycles. The molecule has 0 aromatic heterocycles. The second-order valence-electron chi connectivity index (χ2n) is 5.04. The van der Waals surface area contributed by atoms with Crippen LogP contribution in [0.5, 0.6) is 0 Å². The summed E-state index contributed by atoms with van der Waals surface area (Å²) in [6, 6.07) is -0.516. The van der Waals surface area contributed by atoms with Crippen molar-refractivity contribution in [1.82, 2.24) is 0 Å². The minimum Gasteiger partial charge on any atom is -0.550 e. The molecule has 0 bridgehead atoms. The maximum absolute atomic E-state index is 11.7. The smallest absolute Gasteiger partial charge is 0.179 e. The number of likely N-dealkylation sites (N-methyl/N-ethyl adjacent to an activating group) is 1. The van der Waals surface area contributed by atoms with Gasteiger partial charge in [-0.3, -0.25) is 4.79 Å². The van der Waals surface area contributed by atoms with Gasteiger partial charge in [0, 0.05) is 18.8 Å². The third-order valence-electron chi connectivity index (χ3n) is 3.07. The van der Waals surface area contributed by atoms with Crippen LogP contribution in [0.15, 0.2) is 0 Å². The highest BCUT2D eigenvalue weighted by Gasteiger charge is 2.47. The quantitative estimate of drug-likeness (QED) is 0.591. The van der Waals surface area contributed by atoms with E-state index in [4.69, 9.17) is 0 Å². The van der Waals surface area contributed by atoms with Crippen molar-refractivity contribution in [3.8, 4) is 0 Å². The van der Waals surface area contributed by atoms with Crippen LogP contribution in [0, 0.1) is 0 Å². The van der Waals surface area contributed by atoms with E-state index in [9.17, 15) is 19.8 Å². The fourth-order valence-corrected chi connectivity index (χ4v) is 1.65. The van der Waals surface area contributed by atoms with E-state index in [0.717, 1.165) is 0 Å². The largest absolute Gasteiger partial charge is 0.550 e. The topological polar surface area (TPSA) is 77.4 Å². The van der Waals surface area contributed by atoms with Gasteiger partial charge < -0.3 is 19.5 Å². The van der Waals surface area contributed by atoms with Gasteiger partial charge in [0.15, 0.2) is 11.4 Å². The molecule has 0 aliphatic rings. The van der Waals surface area contributed by atoms with Crippen molar-refractivity contribution in [3.63, 3.8) is 0 Å². The summed E-state index contributed by atoms with van der Waals surface area (Å²) in [6.45, 7) is 3.27. The number of ketones is 1. The van der Waals surface area contributed by atoms with Crippen LogP contribution in [-0.4, -0.2) is 54.1 Å². The molecule has 1 unspecified atom stereocenters. The van der Waals surface area contributed by atoms with Crippen molar-refractivity contribution in [2.75, 3.05) is 21.1 Å². The number of Topliss-reactive ketones (excluding diaryl/α,β-unsaturated/α-hetero) is 1. The van der Waals surface area contributed by atoms with E-state index in [2.05, 4.69) is 0 Å². The molecule has 5 nitrogen and oxygen atoms in total. The van der Waals surface area contributed by atoms with E-state index in [0.29, 0.717) is 4.48 Å². The Labute approximate surface area is 96.3 Å². The van der Waals surface area contributed by atoms with Crippen molar-refractivity contribution < 1.29 is 24.3 Å². The van der Waals surface area contributed by atoms with E-state index in [-0.39, 0.29) is 6.42 Å². The molecule has 0 heterocycles. The first-order valence-corrected chi connectivity index (χ1v) is 5.32. The van der Waals surface area contributed by atoms with Gasteiger partial charge in [-0.2, -0.15) is 0 Å². The van der Waals surface area contributed by atoms with Crippen LogP contribution >= 0.6 is 0 Å². The highest BCUT2D eigenvalue weighted by molar-refractivity contribution is 5.90. The number of carbonyl (C=O) groups excluding carboxylic acids is 2. The van der Waals surface area contributed by atoms with Crippen LogP contribution < -0.4 is 5.11 Å². The average Bonchev–Trinajstić information content (AvgIpc) is 2.12. The van der Waals surface area contributed by atoms with Crippen LogP contribution in [0.2, 0.25) is 0 Å². The summed E-state index contributed by atoms with van der Waals surface area (Å²) in [5.41, 5.74) is -1.86. The molecule has 16 heavy (non-hydrogen) atoms. The van der Waals surface area contributed by atoms with Gasteiger partial charge in [-0.25, -0.2) is 0 Å². The van der Waals surface area contributed by atoms with Gasteiger partial charge in [-0.15, -0.1) is 0 Å². The normalized spacial score (nSPS) is 17.6. The zero-order valence-electron chi connectivity index (χ0n) is 10.6. The summed E-state index contributed by atoms with van der Waals surface area (Å²) in [6.07, 6.45) is -0.551. The number of carboxylic acid groups (broad SMARTS) is 1. The molecule has 0 saturated carbocycles. The Kier molecular flexibility index (Phi) is 4.64. The third kappa shape index (κ3) is 3.28. The fourth-order valence-electron chi connectivity index (χ4n) is 1.65. The van der Waals surface area contributed by atoms with Gasteiger partial charge in [0.05, 0.1) is 21.1 Å². The average molecular weight is 231 g/mol. The molecule has 0 aliphatic heterocycles. The molecule has 5 heteroatoms. The maximum atomic E-state index is 11.7. The number of hydrogen-bond acceptors (Lipinski definition) is 4. The molecular formula is C11H21NO4. The Morgan fingerprint density at radius 2 is 1.81 bits per heavy atom. The summed E-state index contributed by atoms with van der Waals surface area (Å²) in [7, 11) is 5.40. The molecule has 2 atom stereocenters. The lowest BCUT2D eigenvalue weighted by Crippen LogP contribution is -2.62. The molecule has 94 valence electrons. The van der Waals surface area contributed by atoms with Crippen molar-refractivity contribution in [3.05, 3.63) is 0 Å². The Bertz CT molecular complexity index is 282. The molecule has 0 saturated heterocycles. The van der Waals surface area contributed by atoms with E-state index < -0.39 is 29.8 Å². The van der Waals surface area contributed by atoms with Crippen molar-refractivity contribution in [1.29, 1.82) is 0 Å². The molecule has 0 fully saturated rings. The number of hydrogen-bond donors (Lipinski definition) is 1. The monoisotopic (exact) mass is 231 g/mol. The van der Waals surface area contributed by atoms with Gasteiger partial charge >= 0.3 is 0 Å². The first-order valence-electron chi connectivity index (χ1n) is 5.32. The van der Waals surface area contributed by atoms with Crippen LogP contribution in [0.3, 0.4) is 0 Å². The molecule has 0 amide bonds. The van der Waals surface area contributed by atoms with Gasteiger partial charge in [-0.1, -0.05) is 6.92 Å². The van der Waals surface area contributed by atoms with Crippen molar-refractivity contribution >= 4 is 11.8 Å². The zero-order chi connectivity index (χ0) is 13.1. The minimum absolute atomic E-state index is 0.105. The number of carbonyl (C=O) groups is 2. The van der Waals surface area contributed by atoms with Gasteiger partial charge in [0.1, 0.15) is 6.04 Å². The van der Waals surface area contributed by atoms with E-state index in [1.54, 1.807) is 35.0 Å². The van der Waals surface area contributed by atoms with Crippen LogP contribution in [0.25, 0.3) is 0 Å². The predicted octanol–water partition coefficient (Wildman–Crippen LogP) is -1.07. The maximum Gasteiger partial charge on any atom is 0.179 e. The second kappa shape index (κ2) is 4.93. The van der Waals surface area contributed by atoms with E-state index in [1.165, 1.54) is 0 Å². The molecule has 0 rings (SSSR count). The first kappa shape index (κ1) is 15.1. The summed E-state index contributed by atoms with van der Waals surface area (Å²) in [5.74, 6) is -1.87. The lowest BCUT2D eigenvalue weighted by Gasteiger charge is -2.41. The lowest BCUT2D eigenvalue weighted by atomic mass is 9.84. The highest BCUT2D eigenvalue weighted by atomic mass is 16.4. The van der Waals surface area contributed by atoms with E-state index >= 15 is 0 Å². The van der Waals surface area contributed by atoms with Crippen LogP contribution in [-0.2, 0) is 9.59 Å². The molecule has 0 aromatic rings. The number of rotatable bonds is 6. The Balaban J connectivity index is 5.23. The van der Waals surface area contributed by atoms with Crippen LogP contribution in [0.4, 0.5) is 0 Å². The van der Waals surface area contributed by atoms with Gasteiger partial charge in [0.2, 0.25) is 0 Å². The van der Waals surface area contributed by atoms with Gasteiger partial charge in [-0.05, 0) is 6.92 Å². The first-order chi connectivity index (χ1) is 7.05.